The van der Waals surface area contributed by atoms with E-state index in [0.29, 0.717) is 22.6 Å². The van der Waals surface area contributed by atoms with E-state index in [1.165, 1.54) is 18.1 Å². The Balaban J connectivity index is 2.56. The molecule has 0 bridgehead atoms. The van der Waals surface area contributed by atoms with Crippen LogP contribution in [0, 0.1) is 12.3 Å². The third-order valence-corrected chi connectivity index (χ3v) is 5.33. The molecule has 10 heteroatoms. The van der Waals surface area contributed by atoms with E-state index in [0.717, 1.165) is 0 Å². The molecule has 2 aromatic rings. The van der Waals surface area contributed by atoms with E-state index in [1.54, 1.807) is 69.3 Å². The number of carbonyl (C=O) groups is 4. The maximum Gasteiger partial charge on any atom is 0.408 e. The van der Waals surface area contributed by atoms with Crippen molar-refractivity contribution >= 4 is 29.5 Å². The number of benzene rings is 2. The van der Waals surface area contributed by atoms with Gasteiger partial charge in [0.15, 0.2) is 0 Å². The van der Waals surface area contributed by atoms with Gasteiger partial charge in [-0.2, -0.15) is 0 Å². The minimum Gasteiger partial charge on any atom is -0.497 e. The summed E-state index contributed by atoms with van der Waals surface area (Å²) in [6.45, 7) is 8.54. The van der Waals surface area contributed by atoms with Crippen LogP contribution < -0.4 is 21.1 Å². The monoisotopic (exact) mass is 534 g/mol. The summed E-state index contributed by atoms with van der Waals surface area (Å²) in [5.74, 6) is 0.938. The number of anilines is 1. The van der Waals surface area contributed by atoms with E-state index < -0.39 is 47.9 Å². The molecule has 2 aromatic carbocycles. The number of hydrogen-bond acceptors (Lipinski definition) is 6. The lowest BCUT2D eigenvalue weighted by atomic mass is 9.97. The molecular weight excluding hydrogens is 500 g/mol. The first-order valence-corrected chi connectivity index (χ1v) is 12.1. The van der Waals surface area contributed by atoms with Crippen molar-refractivity contribution in [2.75, 3.05) is 19.0 Å². The van der Waals surface area contributed by atoms with Crippen molar-refractivity contribution in [3.8, 4) is 18.1 Å². The predicted molar refractivity (Wildman–Crippen MR) is 148 cm³/mol. The van der Waals surface area contributed by atoms with E-state index in [1.807, 2.05) is 0 Å². The molecule has 0 saturated carbocycles. The third kappa shape index (κ3) is 8.93. The van der Waals surface area contributed by atoms with Crippen LogP contribution in [0.2, 0.25) is 0 Å². The first kappa shape index (κ1) is 30.4. The molecule has 0 aromatic heterocycles. The number of nitrogens with two attached hydrogens (primary N) is 1. The Hall–Kier alpha value is -4.78. The smallest absolute Gasteiger partial charge is 0.408 e. The molecule has 2 atom stereocenters. The molecule has 4 N–H and O–H groups in total. The number of carbonyl (C=O) groups excluding carboxylic acids is 4. The van der Waals surface area contributed by atoms with Crippen LogP contribution in [0.1, 0.15) is 44.4 Å². The third-order valence-electron chi connectivity index (χ3n) is 5.33. The lowest BCUT2D eigenvalue weighted by Gasteiger charge is -2.34. The summed E-state index contributed by atoms with van der Waals surface area (Å²) in [5.41, 5.74) is 5.70. The van der Waals surface area contributed by atoms with Gasteiger partial charge in [0, 0.05) is 17.8 Å². The topological polar surface area (TPSA) is 140 Å². The summed E-state index contributed by atoms with van der Waals surface area (Å²) in [6, 6.07) is 10.6. The van der Waals surface area contributed by atoms with E-state index in [9.17, 15) is 19.2 Å². The Morgan fingerprint density at radius 1 is 1.13 bits per heavy atom. The number of primary amides is 1. The highest BCUT2D eigenvalue weighted by Gasteiger charge is 2.37. The molecule has 0 saturated heterocycles. The normalized spacial score (nSPS) is 12.2. The van der Waals surface area contributed by atoms with Crippen molar-refractivity contribution in [3.63, 3.8) is 0 Å². The zero-order valence-electron chi connectivity index (χ0n) is 22.5. The number of terminal acetylenes is 1. The van der Waals surface area contributed by atoms with Crippen LogP contribution in [-0.4, -0.2) is 54.0 Å². The second-order valence-corrected chi connectivity index (χ2v) is 9.50. The summed E-state index contributed by atoms with van der Waals surface area (Å²) in [7, 11) is 1.52. The molecule has 0 fully saturated rings. The van der Waals surface area contributed by atoms with Crippen molar-refractivity contribution < 1.29 is 28.7 Å². The molecule has 0 aliphatic heterocycles. The SMILES string of the molecule is C#Cc1ccccc1C(C(=O)Nc1ccc(OC)cc1)N(CC=C)C(=O)C(CC(N)=O)NC(=O)OC(C)(C)C. The number of hydrogen-bond donors (Lipinski definition) is 3. The fraction of sp³-hybridized carbons (Fsp3) is 0.310. The van der Waals surface area contributed by atoms with E-state index in [-0.39, 0.29) is 6.54 Å². The summed E-state index contributed by atoms with van der Waals surface area (Å²) < 4.78 is 10.4. The highest BCUT2D eigenvalue weighted by molar-refractivity contribution is 6.00. The molecule has 0 heterocycles. The van der Waals surface area contributed by atoms with Crippen molar-refractivity contribution in [2.24, 2.45) is 5.73 Å². The van der Waals surface area contributed by atoms with Crippen LogP contribution in [-0.2, 0) is 19.1 Å². The van der Waals surface area contributed by atoms with Gasteiger partial charge in [0.05, 0.1) is 13.5 Å². The van der Waals surface area contributed by atoms with Crippen LogP contribution in [0.4, 0.5) is 10.5 Å². The number of alkyl carbamates (subject to hydrolysis) is 1. The van der Waals surface area contributed by atoms with Crippen LogP contribution >= 0.6 is 0 Å². The Morgan fingerprint density at radius 3 is 2.31 bits per heavy atom. The average molecular weight is 535 g/mol. The van der Waals surface area contributed by atoms with E-state index in [2.05, 4.69) is 23.1 Å². The Labute approximate surface area is 228 Å². The van der Waals surface area contributed by atoms with Gasteiger partial charge in [0.2, 0.25) is 11.8 Å². The zero-order valence-corrected chi connectivity index (χ0v) is 22.5. The van der Waals surface area contributed by atoms with Crippen molar-refractivity contribution in [2.45, 2.75) is 44.9 Å². The highest BCUT2D eigenvalue weighted by Crippen LogP contribution is 2.28. The summed E-state index contributed by atoms with van der Waals surface area (Å²) in [6.07, 6.45) is 5.68. The molecule has 4 amide bonds. The number of methoxy groups -OCH3 is 1. The van der Waals surface area contributed by atoms with Gasteiger partial charge in [-0.05, 0) is 56.7 Å². The lowest BCUT2D eigenvalue weighted by molar-refractivity contribution is -0.141. The summed E-state index contributed by atoms with van der Waals surface area (Å²) >= 11 is 0. The number of amides is 4. The first-order chi connectivity index (χ1) is 18.4. The largest absolute Gasteiger partial charge is 0.497 e. The number of nitrogens with one attached hydrogen (secondary N) is 2. The van der Waals surface area contributed by atoms with Gasteiger partial charge in [0.1, 0.15) is 23.4 Å². The minimum absolute atomic E-state index is 0.121. The first-order valence-electron chi connectivity index (χ1n) is 12.1. The molecule has 0 radical (unpaired) electrons. The maximum absolute atomic E-state index is 13.9. The van der Waals surface area contributed by atoms with Crippen molar-refractivity contribution in [3.05, 3.63) is 72.3 Å². The number of nitrogens with zero attached hydrogens (tertiary/aromatic N) is 1. The fourth-order valence-corrected chi connectivity index (χ4v) is 3.72. The van der Waals surface area contributed by atoms with Gasteiger partial charge < -0.3 is 30.7 Å². The molecule has 0 spiro atoms. The zero-order chi connectivity index (χ0) is 29.2. The van der Waals surface area contributed by atoms with Gasteiger partial charge in [0.25, 0.3) is 5.91 Å². The van der Waals surface area contributed by atoms with E-state index >= 15 is 0 Å². The average Bonchev–Trinajstić information content (AvgIpc) is 2.87. The molecular formula is C29H34N4O6. The quantitative estimate of drug-likeness (QED) is 0.299. The maximum atomic E-state index is 13.9. The highest BCUT2D eigenvalue weighted by atomic mass is 16.6. The number of rotatable bonds is 11. The predicted octanol–water partition coefficient (Wildman–Crippen LogP) is 3.14. The molecule has 2 unspecified atom stereocenters. The molecule has 39 heavy (non-hydrogen) atoms. The van der Waals surface area contributed by atoms with Gasteiger partial charge >= 0.3 is 6.09 Å². The molecule has 0 aliphatic carbocycles. The Bertz CT molecular complexity index is 1240. The van der Waals surface area contributed by atoms with Gasteiger partial charge in [-0.1, -0.05) is 30.2 Å². The standard InChI is InChI=1S/C29H34N4O6/c1-7-17-33(27(36)23(18-24(30)34)32-28(37)39-29(3,4)5)25(22-12-10-9-11-19(22)8-2)26(35)31-20-13-15-21(38-6)16-14-20/h2,7,9-16,23,25H,1,17-18H2,3-6H3,(H2,30,34)(H,31,35)(H,32,37). The minimum atomic E-state index is -1.42. The van der Waals surface area contributed by atoms with Crippen molar-refractivity contribution in [1.82, 2.24) is 10.2 Å². The molecule has 2 rings (SSSR count). The Kier molecular flexibility index (Phi) is 10.7. The van der Waals surface area contributed by atoms with Crippen LogP contribution in [0.15, 0.2) is 61.2 Å². The second-order valence-electron chi connectivity index (χ2n) is 9.50. The fourth-order valence-electron chi connectivity index (χ4n) is 3.72. The molecule has 0 aliphatic rings. The molecule has 10 nitrogen and oxygen atoms in total. The molecule has 206 valence electrons. The van der Waals surface area contributed by atoms with E-state index in [4.69, 9.17) is 21.6 Å². The van der Waals surface area contributed by atoms with Gasteiger partial charge in [-0.25, -0.2) is 4.79 Å². The van der Waals surface area contributed by atoms with Crippen LogP contribution in [0.25, 0.3) is 0 Å². The number of ether oxygens (including phenoxy) is 2. The summed E-state index contributed by atoms with van der Waals surface area (Å²) in [5, 5.41) is 5.20. The van der Waals surface area contributed by atoms with Crippen molar-refractivity contribution in [1.29, 1.82) is 0 Å². The van der Waals surface area contributed by atoms with Gasteiger partial charge in [-0.3, -0.25) is 14.4 Å². The van der Waals surface area contributed by atoms with Crippen LogP contribution in [0.3, 0.4) is 0 Å². The van der Waals surface area contributed by atoms with Gasteiger partial charge in [-0.15, -0.1) is 13.0 Å². The Morgan fingerprint density at radius 2 is 1.77 bits per heavy atom. The summed E-state index contributed by atoms with van der Waals surface area (Å²) in [4.78, 5) is 53.2. The second kappa shape index (κ2) is 13.7. The van der Waals surface area contributed by atoms with Crippen LogP contribution in [0.5, 0.6) is 5.75 Å². The lowest BCUT2D eigenvalue weighted by Crippen LogP contribution is -2.53.